The molecule has 23 heavy (non-hydrogen) atoms. The van der Waals surface area contributed by atoms with Crippen LogP contribution in [-0.2, 0) is 16.6 Å². The minimum Gasteiger partial charge on any atom is -0.352 e. The summed E-state index contributed by atoms with van der Waals surface area (Å²) < 4.78 is 27.3. The van der Waals surface area contributed by atoms with Crippen LogP contribution in [0.15, 0.2) is 40.6 Å². The number of benzene rings is 1. The monoisotopic (exact) mass is 352 g/mol. The summed E-state index contributed by atoms with van der Waals surface area (Å²) in [5, 5.41) is 2.80. The van der Waals surface area contributed by atoms with Crippen molar-refractivity contribution in [3.05, 3.63) is 52.4 Å². The summed E-state index contributed by atoms with van der Waals surface area (Å²) in [5.41, 5.74) is 1.27. The van der Waals surface area contributed by atoms with Crippen LogP contribution in [0.4, 0.5) is 0 Å². The first kappa shape index (κ1) is 17.7. The number of aryl methyl sites for hydroxylation is 1. The summed E-state index contributed by atoms with van der Waals surface area (Å²) in [7, 11) is -3.52. The number of nitrogens with one attached hydrogen (secondary N) is 2. The summed E-state index contributed by atoms with van der Waals surface area (Å²) in [5.74, 6) is -0.148. The van der Waals surface area contributed by atoms with Crippen molar-refractivity contribution in [2.45, 2.75) is 31.0 Å². The molecule has 0 unspecified atom stereocenters. The van der Waals surface area contributed by atoms with Gasteiger partial charge in [0.25, 0.3) is 5.91 Å². The smallest absolute Gasteiger partial charge is 0.251 e. The highest BCUT2D eigenvalue weighted by Crippen LogP contribution is 2.20. The average Bonchev–Trinajstić information content (AvgIpc) is 2.98. The van der Waals surface area contributed by atoms with E-state index in [2.05, 4.69) is 10.0 Å². The summed E-state index contributed by atoms with van der Waals surface area (Å²) >= 11 is 1.23. The van der Waals surface area contributed by atoms with Gasteiger partial charge >= 0.3 is 0 Å². The Labute approximate surface area is 140 Å². The third-order valence-corrected chi connectivity index (χ3v) is 6.07. The minimum atomic E-state index is -3.52. The Morgan fingerprint density at radius 1 is 1.22 bits per heavy atom. The number of hydrogen-bond donors (Lipinski definition) is 2. The first-order chi connectivity index (χ1) is 10.9. The van der Waals surface area contributed by atoms with E-state index < -0.39 is 10.0 Å². The lowest BCUT2D eigenvalue weighted by Gasteiger charge is -2.07. The molecule has 1 aromatic heterocycles. The van der Waals surface area contributed by atoms with Crippen molar-refractivity contribution in [2.75, 3.05) is 6.54 Å². The molecule has 1 amide bonds. The van der Waals surface area contributed by atoms with Crippen LogP contribution in [0.1, 0.15) is 34.1 Å². The quantitative estimate of drug-likeness (QED) is 0.804. The first-order valence-corrected chi connectivity index (χ1v) is 9.65. The maximum absolute atomic E-state index is 12.2. The average molecular weight is 352 g/mol. The van der Waals surface area contributed by atoms with E-state index in [1.807, 2.05) is 13.8 Å². The van der Waals surface area contributed by atoms with Crippen LogP contribution in [-0.4, -0.2) is 20.9 Å². The lowest BCUT2D eigenvalue weighted by molar-refractivity contribution is 0.0953. The highest BCUT2D eigenvalue weighted by Gasteiger charge is 2.16. The standard InChI is InChI=1S/C16H20N2O3S2/c1-3-9-17-16(19)14-6-4-5-13(10-14)11-18-23(20,21)15-8-7-12(2)22-15/h4-8,10,18H,3,9,11H2,1-2H3,(H,17,19). The summed E-state index contributed by atoms with van der Waals surface area (Å²) in [6, 6.07) is 10.3. The van der Waals surface area contributed by atoms with E-state index in [9.17, 15) is 13.2 Å². The van der Waals surface area contributed by atoms with E-state index in [1.54, 1.807) is 36.4 Å². The van der Waals surface area contributed by atoms with Gasteiger partial charge in [0.1, 0.15) is 4.21 Å². The van der Waals surface area contributed by atoms with Gasteiger partial charge in [-0.2, -0.15) is 0 Å². The molecular weight excluding hydrogens is 332 g/mol. The van der Waals surface area contributed by atoms with Crippen molar-refractivity contribution in [3.8, 4) is 0 Å². The Balaban J connectivity index is 2.05. The van der Waals surface area contributed by atoms with Crippen molar-refractivity contribution in [1.29, 1.82) is 0 Å². The molecule has 1 heterocycles. The molecule has 0 saturated carbocycles. The molecule has 0 radical (unpaired) electrons. The van der Waals surface area contributed by atoms with E-state index in [0.717, 1.165) is 16.9 Å². The number of sulfonamides is 1. The number of thiophene rings is 1. The van der Waals surface area contributed by atoms with Crippen molar-refractivity contribution in [2.24, 2.45) is 0 Å². The molecular formula is C16H20N2O3S2. The number of amides is 1. The van der Waals surface area contributed by atoms with Crippen LogP contribution in [0, 0.1) is 6.92 Å². The Morgan fingerprint density at radius 3 is 2.65 bits per heavy atom. The largest absolute Gasteiger partial charge is 0.352 e. The Kier molecular flexibility index (Phi) is 5.92. The van der Waals surface area contributed by atoms with E-state index in [4.69, 9.17) is 0 Å². The highest BCUT2D eigenvalue weighted by molar-refractivity contribution is 7.91. The number of carbonyl (C=O) groups is 1. The minimum absolute atomic E-state index is 0.147. The second-order valence-electron chi connectivity index (χ2n) is 5.15. The molecule has 2 aromatic rings. The number of hydrogen-bond acceptors (Lipinski definition) is 4. The van der Waals surface area contributed by atoms with Gasteiger partial charge in [-0.05, 0) is 43.2 Å². The van der Waals surface area contributed by atoms with Crippen LogP contribution in [0.25, 0.3) is 0 Å². The molecule has 124 valence electrons. The molecule has 2 rings (SSSR count). The molecule has 0 aliphatic rings. The fourth-order valence-corrected chi connectivity index (χ4v) is 4.31. The Bertz CT molecular complexity index is 782. The fourth-order valence-electron chi connectivity index (χ4n) is 1.97. The fraction of sp³-hybridized carbons (Fsp3) is 0.312. The van der Waals surface area contributed by atoms with Gasteiger partial charge in [-0.1, -0.05) is 19.1 Å². The van der Waals surface area contributed by atoms with Crippen molar-refractivity contribution in [1.82, 2.24) is 10.0 Å². The Morgan fingerprint density at radius 2 is 2.00 bits per heavy atom. The summed E-state index contributed by atoms with van der Waals surface area (Å²) in [6.07, 6.45) is 0.867. The number of rotatable bonds is 7. The maximum atomic E-state index is 12.2. The molecule has 7 heteroatoms. The molecule has 0 aliphatic heterocycles. The highest BCUT2D eigenvalue weighted by atomic mass is 32.2. The maximum Gasteiger partial charge on any atom is 0.251 e. The van der Waals surface area contributed by atoms with Gasteiger partial charge in [0.05, 0.1) is 0 Å². The molecule has 5 nitrogen and oxygen atoms in total. The van der Waals surface area contributed by atoms with Crippen molar-refractivity contribution >= 4 is 27.3 Å². The van der Waals surface area contributed by atoms with Gasteiger partial charge in [0.15, 0.2) is 0 Å². The van der Waals surface area contributed by atoms with Gasteiger partial charge in [-0.3, -0.25) is 4.79 Å². The topological polar surface area (TPSA) is 75.3 Å². The Hall–Kier alpha value is -1.70. The SMILES string of the molecule is CCCNC(=O)c1cccc(CNS(=O)(=O)c2ccc(C)s2)c1. The zero-order chi connectivity index (χ0) is 16.9. The lowest BCUT2D eigenvalue weighted by atomic mass is 10.1. The molecule has 0 fully saturated rings. The summed E-state index contributed by atoms with van der Waals surface area (Å²) in [6.45, 7) is 4.61. The van der Waals surface area contributed by atoms with E-state index >= 15 is 0 Å². The molecule has 1 aromatic carbocycles. The predicted molar refractivity (Wildman–Crippen MR) is 92.1 cm³/mol. The molecule has 0 atom stereocenters. The normalized spacial score (nSPS) is 11.4. The van der Waals surface area contributed by atoms with E-state index in [1.165, 1.54) is 11.3 Å². The second-order valence-corrected chi connectivity index (χ2v) is 8.43. The van der Waals surface area contributed by atoms with Gasteiger partial charge < -0.3 is 5.32 Å². The van der Waals surface area contributed by atoms with Crippen LogP contribution in [0.5, 0.6) is 0 Å². The van der Waals surface area contributed by atoms with Gasteiger partial charge in [0.2, 0.25) is 10.0 Å². The number of carbonyl (C=O) groups excluding carboxylic acids is 1. The predicted octanol–water partition coefficient (Wildman–Crippen LogP) is 2.67. The lowest BCUT2D eigenvalue weighted by Crippen LogP contribution is -2.25. The van der Waals surface area contributed by atoms with Gasteiger partial charge in [-0.25, -0.2) is 13.1 Å². The molecule has 0 bridgehead atoms. The van der Waals surface area contributed by atoms with Gasteiger partial charge in [-0.15, -0.1) is 11.3 Å². The molecule has 0 saturated heterocycles. The molecule has 2 N–H and O–H groups in total. The van der Waals surface area contributed by atoms with Crippen molar-refractivity contribution < 1.29 is 13.2 Å². The molecule has 0 aliphatic carbocycles. The first-order valence-electron chi connectivity index (χ1n) is 7.35. The van der Waals surface area contributed by atoms with Crippen LogP contribution < -0.4 is 10.0 Å². The molecule has 0 spiro atoms. The summed E-state index contributed by atoms with van der Waals surface area (Å²) in [4.78, 5) is 12.9. The van der Waals surface area contributed by atoms with E-state index in [-0.39, 0.29) is 12.5 Å². The van der Waals surface area contributed by atoms with Crippen molar-refractivity contribution in [3.63, 3.8) is 0 Å². The second kappa shape index (κ2) is 7.72. The van der Waals surface area contributed by atoms with E-state index in [0.29, 0.717) is 16.3 Å². The van der Waals surface area contributed by atoms with Gasteiger partial charge in [0, 0.05) is 23.5 Å². The van der Waals surface area contributed by atoms with Crippen LogP contribution in [0.2, 0.25) is 0 Å². The third-order valence-electron chi connectivity index (χ3n) is 3.17. The third kappa shape index (κ3) is 4.89. The zero-order valence-corrected chi connectivity index (χ0v) is 14.8. The van der Waals surface area contributed by atoms with Crippen LogP contribution >= 0.6 is 11.3 Å². The van der Waals surface area contributed by atoms with Crippen LogP contribution in [0.3, 0.4) is 0 Å². The zero-order valence-electron chi connectivity index (χ0n) is 13.1.